The lowest BCUT2D eigenvalue weighted by molar-refractivity contribution is 0.297. The molecule has 0 saturated heterocycles. The zero-order valence-corrected chi connectivity index (χ0v) is 14.5. The molecule has 0 saturated carbocycles. The number of aliphatic imine (C=N–C) groups is 1. The van der Waals surface area contributed by atoms with Crippen molar-refractivity contribution in [2.45, 2.75) is 39.3 Å². The largest absolute Gasteiger partial charge is 0.354 e. The smallest absolute Gasteiger partial charge is 0.191 e. The van der Waals surface area contributed by atoms with Gasteiger partial charge in [-0.3, -0.25) is 4.99 Å². The van der Waals surface area contributed by atoms with Gasteiger partial charge in [-0.25, -0.2) is 0 Å². The molecule has 1 aromatic carbocycles. The van der Waals surface area contributed by atoms with E-state index in [0.29, 0.717) is 6.04 Å². The standard InChI is InChI=1S/C17H30N4/c1-13-8-10-14(11-9-13)15(21(6)7)12-19-16(18-5)20-17(2,3)4/h8-11,15H,12H2,1-7H3,(H2,18,19,20). The summed E-state index contributed by atoms with van der Waals surface area (Å²) < 4.78 is 0. The van der Waals surface area contributed by atoms with Crippen molar-refractivity contribution in [3.05, 3.63) is 35.4 Å². The van der Waals surface area contributed by atoms with Gasteiger partial charge in [0.05, 0.1) is 6.04 Å². The number of likely N-dealkylation sites (N-methyl/N-ethyl adjacent to an activating group) is 1. The Kier molecular flexibility index (Phi) is 6.21. The van der Waals surface area contributed by atoms with Crippen LogP contribution >= 0.6 is 0 Å². The molecule has 1 atom stereocenters. The summed E-state index contributed by atoms with van der Waals surface area (Å²) in [6, 6.07) is 9.02. The van der Waals surface area contributed by atoms with Crippen LogP contribution in [-0.4, -0.2) is 44.1 Å². The van der Waals surface area contributed by atoms with Crippen LogP contribution in [0.1, 0.15) is 37.9 Å². The van der Waals surface area contributed by atoms with E-state index in [0.717, 1.165) is 12.5 Å². The van der Waals surface area contributed by atoms with Gasteiger partial charge < -0.3 is 15.5 Å². The molecule has 0 fully saturated rings. The van der Waals surface area contributed by atoms with Crippen LogP contribution in [0.4, 0.5) is 0 Å². The van der Waals surface area contributed by atoms with Gasteiger partial charge in [-0.05, 0) is 47.4 Å². The Labute approximate surface area is 129 Å². The predicted molar refractivity (Wildman–Crippen MR) is 91.9 cm³/mol. The third-order valence-corrected chi connectivity index (χ3v) is 3.27. The van der Waals surface area contributed by atoms with Crippen LogP contribution in [0.2, 0.25) is 0 Å². The first-order valence-electron chi connectivity index (χ1n) is 7.45. The maximum Gasteiger partial charge on any atom is 0.191 e. The van der Waals surface area contributed by atoms with Gasteiger partial charge in [0.2, 0.25) is 0 Å². The Morgan fingerprint density at radius 2 is 1.76 bits per heavy atom. The second-order valence-corrected chi connectivity index (χ2v) is 6.72. The van der Waals surface area contributed by atoms with Crippen LogP contribution in [0.25, 0.3) is 0 Å². The molecule has 1 aromatic rings. The summed E-state index contributed by atoms with van der Waals surface area (Å²) in [6.07, 6.45) is 0. The highest BCUT2D eigenvalue weighted by Gasteiger charge is 2.16. The zero-order chi connectivity index (χ0) is 16.0. The van der Waals surface area contributed by atoms with Crippen molar-refractivity contribution < 1.29 is 0 Å². The van der Waals surface area contributed by atoms with E-state index in [1.807, 2.05) is 0 Å². The SMILES string of the molecule is CN=C(NCC(c1ccc(C)cc1)N(C)C)NC(C)(C)C. The van der Waals surface area contributed by atoms with E-state index in [1.165, 1.54) is 11.1 Å². The molecule has 4 nitrogen and oxygen atoms in total. The molecule has 0 amide bonds. The molecule has 118 valence electrons. The van der Waals surface area contributed by atoms with E-state index in [9.17, 15) is 0 Å². The Hall–Kier alpha value is -1.55. The van der Waals surface area contributed by atoms with E-state index in [1.54, 1.807) is 7.05 Å². The van der Waals surface area contributed by atoms with E-state index in [4.69, 9.17) is 0 Å². The molecular formula is C17H30N4. The molecule has 0 aliphatic rings. The summed E-state index contributed by atoms with van der Waals surface area (Å²) in [5, 5.41) is 6.80. The normalized spacial score (nSPS) is 14.2. The van der Waals surface area contributed by atoms with Crippen molar-refractivity contribution in [1.29, 1.82) is 0 Å². The fraction of sp³-hybridized carbons (Fsp3) is 0.588. The fourth-order valence-electron chi connectivity index (χ4n) is 2.11. The maximum atomic E-state index is 4.29. The van der Waals surface area contributed by atoms with Gasteiger partial charge in [0.15, 0.2) is 5.96 Å². The lowest BCUT2D eigenvalue weighted by Crippen LogP contribution is -2.49. The van der Waals surface area contributed by atoms with E-state index in [2.05, 4.69) is 86.6 Å². The van der Waals surface area contributed by atoms with Gasteiger partial charge in [0.25, 0.3) is 0 Å². The van der Waals surface area contributed by atoms with Crippen LogP contribution in [-0.2, 0) is 0 Å². The number of aryl methyl sites for hydroxylation is 1. The molecule has 1 unspecified atom stereocenters. The molecule has 21 heavy (non-hydrogen) atoms. The fourth-order valence-corrected chi connectivity index (χ4v) is 2.11. The summed E-state index contributed by atoms with van der Waals surface area (Å²) in [4.78, 5) is 6.51. The van der Waals surface area contributed by atoms with Gasteiger partial charge in [0, 0.05) is 19.1 Å². The van der Waals surface area contributed by atoms with E-state index in [-0.39, 0.29) is 5.54 Å². The van der Waals surface area contributed by atoms with Gasteiger partial charge in [-0.2, -0.15) is 0 Å². The quantitative estimate of drug-likeness (QED) is 0.661. The van der Waals surface area contributed by atoms with Crippen LogP contribution in [0, 0.1) is 6.92 Å². The first kappa shape index (κ1) is 17.5. The molecule has 0 heterocycles. The first-order chi connectivity index (χ1) is 9.73. The summed E-state index contributed by atoms with van der Waals surface area (Å²) >= 11 is 0. The van der Waals surface area contributed by atoms with Crippen molar-refractivity contribution >= 4 is 5.96 Å². The maximum absolute atomic E-state index is 4.29. The van der Waals surface area contributed by atoms with Crippen molar-refractivity contribution in [3.63, 3.8) is 0 Å². The Morgan fingerprint density at radius 3 is 2.19 bits per heavy atom. The van der Waals surface area contributed by atoms with Gasteiger partial charge >= 0.3 is 0 Å². The van der Waals surface area contributed by atoms with Crippen LogP contribution in [0.3, 0.4) is 0 Å². The molecule has 0 bridgehead atoms. The predicted octanol–water partition coefficient (Wildman–Crippen LogP) is 2.56. The van der Waals surface area contributed by atoms with Crippen molar-refractivity contribution in [1.82, 2.24) is 15.5 Å². The van der Waals surface area contributed by atoms with E-state index < -0.39 is 0 Å². The molecule has 0 aliphatic carbocycles. The number of hydrogen-bond acceptors (Lipinski definition) is 2. The van der Waals surface area contributed by atoms with Crippen molar-refractivity contribution in [2.75, 3.05) is 27.7 Å². The molecule has 1 rings (SSSR count). The molecule has 0 radical (unpaired) electrons. The monoisotopic (exact) mass is 290 g/mol. The third kappa shape index (κ3) is 6.17. The lowest BCUT2D eigenvalue weighted by atomic mass is 10.0. The average Bonchev–Trinajstić information content (AvgIpc) is 2.38. The lowest BCUT2D eigenvalue weighted by Gasteiger charge is -2.28. The minimum atomic E-state index is -0.000679. The number of nitrogens with one attached hydrogen (secondary N) is 2. The number of benzene rings is 1. The summed E-state index contributed by atoms with van der Waals surface area (Å²) in [6.45, 7) is 9.31. The highest BCUT2D eigenvalue weighted by Crippen LogP contribution is 2.17. The number of hydrogen-bond donors (Lipinski definition) is 2. The molecule has 0 aromatic heterocycles. The highest BCUT2D eigenvalue weighted by molar-refractivity contribution is 5.80. The molecule has 2 N–H and O–H groups in total. The molecule has 0 aliphatic heterocycles. The van der Waals surface area contributed by atoms with Crippen LogP contribution < -0.4 is 10.6 Å². The number of guanidine groups is 1. The Bertz CT molecular complexity index is 455. The van der Waals surface area contributed by atoms with Gasteiger partial charge in [-0.15, -0.1) is 0 Å². The summed E-state index contributed by atoms with van der Waals surface area (Å²) in [7, 11) is 6.01. The second-order valence-electron chi connectivity index (χ2n) is 6.72. The number of rotatable bonds is 4. The topological polar surface area (TPSA) is 39.7 Å². The van der Waals surface area contributed by atoms with Crippen molar-refractivity contribution in [2.24, 2.45) is 4.99 Å². The molecule has 0 spiro atoms. The number of nitrogens with zero attached hydrogens (tertiary/aromatic N) is 2. The van der Waals surface area contributed by atoms with Gasteiger partial charge in [0.1, 0.15) is 0 Å². The highest BCUT2D eigenvalue weighted by atomic mass is 15.2. The Morgan fingerprint density at radius 1 is 1.19 bits per heavy atom. The van der Waals surface area contributed by atoms with Crippen LogP contribution in [0.5, 0.6) is 0 Å². The summed E-state index contributed by atoms with van der Waals surface area (Å²) in [5.74, 6) is 0.835. The average molecular weight is 290 g/mol. The van der Waals surface area contributed by atoms with Gasteiger partial charge in [-0.1, -0.05) is 29.8 Å². The minimum Gasteiger partial charge on any atom is -0.354 e. The van der Waals surface area contributed by atoms with E-state index >= 15 is 0 Å². The summed E-state index contributed by atoms with van der Waals surface area (Å²) in [5.41, 5.74) is 2.60. The van der Waals surface area contributed by atoms with Crippen LogP contribution in [0.15, 0.2) is 29.3 Å². The third-order valence-electron chi connectivity index (χ3n) is 3.27. The Balaban J connectivity index is 2.73. The molecular weight excluding hydrogens is 260 g/mol. The first-order valence-corrected chi connectivity index (χ1v) is 7.45. The van der Waals surface area contributed by atoms with Crippen molar-refractivity contribution in [3.8, 4) is 0 Å². The minimum absolute atomic E-state index is 0.000679. The second kappa shape index (κ2) is 7.46. The molecule has 4 heteroatoms. The zero-order valence-electron chi connectivity index (χ0n) is 14.5.